The normalized spacial score (nSPS) is 16.1. The van der Waals surface area contributed by atoms with Gasteiger partial charge in [-0.2, -0.15) is 0 Å². The summed E-state index contributed by atoms with van der Waals surface area (Å²) in [5.41, 5.74) is 6.71. The van der Waals surface area contributed by atoms with Gasteiger partial charge in [0.15, 0.2) is 0 Å². The number of amides is 2. The van der Waals surface area contributed by atoms with Gasteiger partial charge in [-0.25, -0.2) is 4.79 Å². The Labute approximate surface area is 160 Å². The van der Waals surface area contributed by atoms with E-state index >= 15 is 0 Å². The SMILES string of the molecule is Cc1ccc(C2c3cccn3CCN2C(=O)Nc2ccccc2C)c(C)c1. The zero-order chi connectivity index (χ0) is 19.0. The maximum atomic E-state index is 13.2. The van der Waals surface area contributed by atoms with E-state index in [0.29, 0.717) is 6.54 Å². The summed E-state index contributed by atoms with van der Waals surface area (Å²) >= 11 is 0. The fourth-order valence-corrected chi connectivity index (χ4v) is 3.96. The molecule has 0 saturated heterocycles. The van der Waals surface area contributed by atoms with E-state index in [2.05, 4.69) is 60.3 Å². The number of carbonyl (C=O) groups is 1. The Bertz CT molecular complexity index is 989. The van der Waals surface area contributed by atoms with Gasteiger partial charge in [-0.1, -0.05) is 42.0 Å². The second kappa shape index (κ2) is 6.95. The molecular weight excluding hydrogens is 334 g/mol. The monoisotopic (exact) mass is 359 g/mol. The molecule has 4 nitrogen and oxygen atoms in total. The minimum absolute atomic E-state index is 0.0540. The first-order valence-corrected chi connectivity index (χ1v) is 9.40. The molecule has 0 fully saturated rings. The van der Waals surface area contributed by atoms with Gasteiger partial charge < -0.3 is 14.8 Å². The minimum Gasteiger partial charge on any atom is -0.348 e. The highest BCUT2D eigenvalue weighted by Gasteiger charge is 2.33. The first-order valence-electron chi connectivity index (χ1n) is 9.40. The van der Waals surface area contributed by atoms with Gasteiger partial charge in [-0.05, 0) is 55.7 Å². The Hall–Kier alpha value is -3.01. The molecule has 4 rings (SSSR count). The standard InChI is InChI=1S/C23H25N3O/c1-16-10-11-19(18(3)15-16)22-21-9-6-12-25(21)13-14-26(22)23(27)24-20-8-5-4-7-17(20)2/h4-12,15,22H,13-14H2,1-3H3,(H,24,27). The van der Waals surface area contributed by atoms with Gasteiger partial charge in [0, 0.05) is 30.7 Å². The fourth-order valence-electron chi connectivity index (χ4n) is 3.96. The number of nitrogens with one attached hydrogen (secondary N) is 1. The number of nitrogens with zero attached hydrogens (tertiary/aromatic N) is 2. The van der Waals surface area contributed by atoms with Crippen LogP contribution in [-0.4, -0.2) is 22.0 Å². The van der Waals surface area contributed by atoms with Crippen LogP contribution < -0.4 is 5.32 Å². The maximum Gasteiger partial charge on any atom is 0.322 e. The molecule has 27 heavy (non-hydrogen) atoms. The summed E-state index contributed by atoms with van der Waals surface area (Å²) in [5, 5.41) is 3.11. The number of benzene rings is 2. The number of para-hydroxylation sites is 1. The quantitative estimate of drug-likeness (QED) is 0.683. The Morgan fingerprint density at radius 2 is 1.78 bits per heavy atom. The highest BCUT2D eigenvalue weighted by atomic mass is 16.2. The van der Waals surface area contributed by atoms with E-state index < -0.39 is 0 Å². The second-order valence-corrected chi connectivity index (χ2v) is 7.33. The molecule has 1 aliphatic heterocycles. The summed E-state index contributed by atoms with van der Waals surface area (Å²) in [6.45, 7) is 7.73. The van der Waals surface area contributed by atoms with Crippen LogP contribution in [-0.2, 0) is 6.54 Å². The number of urea groups is 1. The van der Waals surface area contributed by atoms with Crippen molar-refractivity contribution >= 4 is 11.7 Å². The third kappa shape index (κ3) is 3.23. The van der Waals surface area contributed by atoms with Crippen molar-refractivity contribution in [3.05, 3.63) is 88.7 Å². The van der Waals surface area contributed by atoms with Crippen LogP contribution in [0.3, 0.4) is 0 Å². The van der Waals surface area contributed by atoms with Gasteiger partial charge in [-0.3, -0.25) is 0 Å². The van der Waals surface area contributed by atoms with Gasteiger partial charge in [0.25, 0.3) is 0 Å². The predicted molar refractivity (Wildman–Crippen MR) is 109 cm³/mol. The van der Waals surface area contributed by atoms with Crippen LogP contribution in [0.25, 0.3) is 0 Å². The number of hydrogen-bond acceptors (Lipinski definition) is 1. The van der Waals surface area contributed by atoms with Gasteiger partial charge in [0.2, 0.25) is 0 Å². The van der Waals surface area contributed by atoms with E-state index in [9.17, 15) is 4.79 Å². The second-order valence-electron chi connectivity index (χ2n) is 7.33. The van der Waals surface area contributed by atoms with Crippen LogP contribution >= 0.6 is 0 Å². The lowest BCUT2D eigenvalue weighted by Crippen LogP contribution is -2.44. The van der Waals surface area contributed by atoms with Crippen LogP contribution in [0.15, 0.2) is 60.8 Å². The number of aryl methyl sites for hydroxylation is 3. The van der Waals surface area contributed by atoms with Gasteiger partial charge in [0.05, 0.1) is 6.04 Å². The zero-order valence-electron chi connectivity index (χ0n) is 16.1. The van der Waals surface area contributed by atoms with Crippen molar-refractivity contribution in [3.63, 3.8) is 0 Å². The van der Waals surface area contributed by atoms with Crippen molar-refractivity contribution < 1.29 is 4.79 Å². The van der Waals surface area contributed by atoms with E-state index in [0.717, 1.165) is 23.5 Å². The van der Waals surface area contributed by atoms with Crippen molar-refractivity contribution in [3.8, 4) is 0 Å². The van der Waals surface area contributed by atoms with Crippen LogP contribution in [0.2, 0.25) is 0 Å². The molecule has 1 aliphatic rings. The number of anilines is 1. The molecule has 2 heterocycles. The van der Waals surface area contributed by atoms with E-state index in [-0.39, 0.29) is 12.1 Å². The first-order chi connectivity index (χ1) is 13.0. The zero-order valence-corrected chi connectivity index (χ0v) is 16.1. The molecule has 0 spiro atoms. The van der Waals surface area contributed by atoms with Gasteiger partial charge in [-0.15, -0.1) is 0 Å². The molecule has 138 valence electrons. The first kappa shape index (κ1) is 17.4. The van der Waals surface area contributed by atoms with Crippen LogP contribution in [0.1, 0.15) is 34.0 Å². The molecule has 0 aliphatic carbocycles. The average Bonchev–Trinajstić information content (AvgIpc) is 3.12. The molecule has 1 unspecified atom stereocenters. The molecule has 0 radical (unpaired) electrons. The van der Waals surface area contributed by atoms with E-state index in [1.54, 1.807) is 0 Å². The number of rotatable bonds is 2. The topological polar surface area (TPSA) is 37.3 Å². The highest BCUT2D eigenvalue weighted by molar-refractivity contribution is 5.90. The fraction of sp³-hybridized carbons (Fsp3) is 0.261. The summed E-state index contributed by atoms with van der Waals surface area (Å²) < 4.78 is 2.25. The highest BCUT2D eigenvalue weighted by Crippen LogP contribution is 2.35. The van der Waals surface area contributed by atoms with E-state index in [1.807, 2.05) is 36.1 Å². The van der Waals surface area contributed by atoms with Crippen molar-refractivity contribution in [1.29, 1.82) is 0 Å². The molecule has 4 heteroatoms. The van der Waals surface area contributed by atoms with Crippen molar-refractivity contribution in [2.45, 2.75) is 33.4 Å². The smallest absolute Gasteiger partial charge is 0.322 e. The van der Waals surface area contributed by atoms with Gasteiger partial charge >= 0.3 is 6.03 Å². The van der Waals surface area contributed by atoms with Crippen LogP contribution in [0.5, 0.6) is 0 Å². The Morgan fingerprint density at radius 1 is 0.963 bits per heavy atom. The molecule has 1 N–H and O–H groups in total. The number of carbonyl (C=O) groups excluding carboxylic acids is 1. The lowest BCUT2D eigenvalue weighted by Gasteiger charge is -2.38. The van der Waals surface area contributed by atoms with Crippen LogP contribution in [0.4, 0.5) is 10.5 Å². The van der Waals surface area contributed by atoms with Gasteiger partial charge in [0.1, 0.15) is 0 Å². The Kier molecular flexibility index (Phi) is 4.48. The van der Waals surface area contributed by atoms with E-state index in [4.69, 9.17) is 0 Å². The molecule has 1 aromatic heterocycles. The van der Waals surface area contributed by atoms with Crippen LogP contribution in [0, 0.1) is 20.8 Å². The number of fused-ring (bicyclic) bond motifs is 1. The third-order valence-corrected chi connectivity index (χ3v) is 5.41. The number of aromatic nitrogens is 1. The molecule has 0 bridgehead atoms. The number of hydrogen-bond donors (Lipinski definition) is 1. The summed E-state index contributed by atoms with van der Waals surface area (Å²) in [6, 6.07) is 18.4. The van der Waals surface area contributed by atoms with Crippen molar-refractivity contribution in [2.75, 3.05) is 11.9 Å². The summed E-state index contributed by atoms with van der Waals surface area (Å²) in [4.78, 5) is 15.2. The third-order valence-electron chi connectivity index (χ3n) is 5.41. The molecular formula is C23H25N3O. The average molecular weight is 359 g/mol. The molecule has 2 aromatic carbocycles. The molecule has 2 amide bonds. The predicted octanol–water partition coefficient (Wildman–Crippen LogP) is 5.05. The Morgan fingerprint density at radius 3 is 2.56 bits per heavy atom. The maximum absolute atomic E-state index is 13.2. The summed E-state index contributed by atoms with van der Waals surface area (Å²) in [5.74, 6) is 0. The lowest BCUT2D eigenvalue weighted by atomic mass is 9.94. The van der Waals surface area contributed by atoms with Crippen molar-refractivity contribution in [1.82, 2.24) is 9.47 Å². The summed E-state index contributed by atoms with van der Waals surface area (Å²) in [7, 11) is 0. The Balaban J connectivity index is 1.72. The largest absolute Gasteiger partial charge is 0.348 e. The summed E-state index contributed by atoms with van der Waals surface area (Å²) in [6.07, 6.45) is 2.10. The molecule has 3 aromatic rings. The molecule has 1 atom stereocenters. The molecule has 0 saturated carbocycles. The lowest BCUT2D eigenvalue weighted by molar-refractivity contribution is 0.181. The van der Waals surface area contributed by atoms with Crippen molar-refractivity contribution in [2.24, 2.45) is 0 Å². The van der Waals surface area contributed by atoms with E-state index in [1.165, 1.54) is 16.7 Å². The minimum atomic E-state index is -0.0848.